The highest BCUT2D eigenvalue weighted by atomic mass is 16.7. The van der Waals surface area contributed by atoms with Crippen LogP contribution in [0.5, 0.6) is 0 Å². The monoisotopic (exact) mass is 1940 g/mol. The lowest BCUT2D eigenvalue weighted by molar-refractivity contribution is -0.195. The number of ether oxygens (including phenoxy) is 14. The Morgan fingerprint density at radius 2 is 0.584 bits per heavy atom. The maximum atomic E-state index is 12.0. The Bertz CT molecular complexity index is 3640. The molecule has 0 aromatic carbocycles. The largest absolute Gasteiger partial charge is 0.438 e. The Morgan fingerprint density at radius 3 is 0.905 bits per heavy atom. The van der Waals surface area contributed by atoms with E-state index in [4.69, 9.17) is 66.3 Å². The summed E-state index contributed by atoms with van der Waals surface area (Å²) in [5.74, 6) is 7.57. The summed E-state index contributed by atoms with van der Waals surface area (Å²) in [4.78, 5) is 83.2. The molecular formula is C116H206O21. The molecule has 137 heavy (non-hydrogen) atoms. The summed E-state index contributed by atoms with van der Waals surface area (Å²) in [5.41, 5.74) is -0.852. The number of fused-ring (bicyclic) bond motifs is 4. The van der Waals surface area contributed by atoms with E-state index in [2.05, 4.69) is 90.0 Å². The molecule has 12 bridgehead atoms. The first-order valence-corrected chi connectivity index (χ1v) is 54.8. The lowest BCUT2D eigenvalue weighted by Gasteiger charge is -2.56. The molecule has 6 atom stereocenters. The van der Waals surface area contributed by atoms with E-state index in [0.29, 0.717) is 23.5 Å². The van der Waals surface area contributed by atoms with Crippen molar-refractivity contribution in [2.75, 3.05) is 67.4 Å². The van der Waals surface area contributed by atoms with Crippen LogP contribution in [0.1, 0.15) is 460 Å². The van der Waals surface area contributed by atoms with Gasteiger partial charge in [-0.3, -0.25) is 33.6 Å². The van der Waals surface area contributed by atoms with Crippen molar-refractivity contribution in [3.63, 3.8) is 0 Å². The molecule has 0 heterocycles. The molecule has 0 radical (unpaired) electrons. The van der Waals surface area contributed by atoms with Gasteiger partial charge in [0.15, 0.2) is 47.6 Å². The van der Waals surface area contributed by atoms with Crippen LogP contribution in [-0.2, 0) is 99.9 Å². The van der Waals surface area contributed by atoms with Gasteiger partial charge in [0.25, 0.3) is 0 Å². The molecule has 15 aliphatic carbocycles. The van der Waals surface area contributed by atoms with E-state index in [1.165, 1.54) is 154 Å². The van der Waals surface area contributed by atoms with Crippen LogP contribution in [0.3, 0.4) is 0 Å². The van der Waals surface area contributed by atoms with E-state index in [-0.39, 0.29) is 146 Å². The van der Waals surface area contributed by atoms with Gasteiger partial charge in [0, 0.05) is 0 Å². The van der Waals surface area contributed by atoms with Gasteiger partial charge >= 0.3 is 41.8 Å². The SMILES string of the molecule is CCC(C)(C)C(=O)OCOC1C(C)(C)CCC1(C)C.CCC(C)(C)C(=O)OCOC1C(C)(C)CCCC1(C)C.CCC(C)(C)C(=O)OCOC1C2(C)CCC(C2)C1(C)C.CCC(C)(C)C(=O)OCOC1C2CC3CC(C2)CC1C3.CCC(C)(C)C(=O)OCOCC1(C)CC2CCC1C2.CCC(C)(C)C(=O)OCOCC1(C)CCCCC1.CCC(C)(C)C(=O)OCOCC12CC3CC(CC(C3)C1)C2. The summed E-state index contributed by atoms with van der Waals surface area (Å²) < 4.78 is 77.9. The summed E-state index contributed by atoms with van der Waals surface area (Å²) in [6, 6.07) is 0. The molecule has 15 aliphatic rings. The number of esters is 7. The average Bonchev–Trinajstić information content (AvgIpc) is 1.57. The molecule has 0 saturated heterocycles. The topological polar surface area (TPSA) is 249 Å². The summed E-state index contributed by atoms with van der Waals surface area (Å²) in [6.07, 6.45) is 43.0. The fourth-order valence-electron chi connectivity index (χ4n) is 26.0. The summed E-state index contributed by atoms with van der Waals surface area (Å²) >= 11 is 0. The van der Waals surface area contributed by atoms with Gasteiger partial charge in [-0.2, -0.15) is 0 Å². The maximum absolute atomic E-state index is 12.0. The zero-order valence-electron chi connectivity index (χ0n) is 94.0. The fraction of sp³-hybridized carbons (Fsp3) is 0.940. The number of hydrogen-bond acceptors (Lipinski definition) is 21. The molecule has 0 aromatic heterocycles. The highest BCUT2D eigenvalue weighted by molar-refractivity contribution is 5.78. The van der Waals surface area contributed by atoms with Gasteiger partial charge < -0.3 is 66.3 Å². The molecular weight excluding hydrogens is 1730 g/mol. The fourth-order valence-corrected chi connectivity index (χ4v) is 26.0. The second-order valence-electron chi connectivity index (χ2n) is 54.5. The van der Waals surface area contributed by atoms with Crippen LogP contribution in [0.2, 0.25) is 0 Å². The molecule has 796 valence electrons. The summed E-state index contributed by atoms with van der Waals surface area (Å²) in [6.45, 7) is 73.1. The highest BCUT2D eigenvalue weighted by Crippen LogP contribution is 2.65. The van der Waals surface area contributed by atoms with Gasteiger partial charge in [-0.15, -0.1) is 0 Å². The van der Waals surface area contributed by atoms with E-state index in [1.54, 1.807) is 0 Å². The third-order valence-corrected chi connectivity index (χ3v) is 37.6. The molecule has 0 spiro atoms. The Hall–Kier alpha value is -3.99. The third-order valence-electron chi connectivity index (χ3n) is 37.6. The lowest BCUT2D eigenvalue weighted by atomic mass is 9.50. The predicted octanol–water partition coefficient (Wildman–Crippen LogP) is 28.5. The molecule has 0 N–H and O–H groups in total. The Kier molecular flexibility index (Phi) is 43.3. The molecule has 0 amide bonds. The normalized spacial score (nSPS) is 30.3. The van der Waals surface area contributed by atoms with Crippen molar-refractivity contribution in [2.45, 2.75) is 485 Å². The first-order valence-electron chi connectivity index (χ1n) is 54.8. The van der Waals surface area contributed by atoms with Crippen LogP contribution >= 0.6 is 0 Å². The number of carbonyl (C=O) groups excluding carboxylic acids is 7. The molecule has 15 rings (SSSR count). The van der Waals surface area contributed by atoms with Crippen LogP contribution in [0, 0.1) is 146 Å². The molecule has 21 heteroatoms. The van der Waals surface area contributed by atoms with E-state index >= 15 is 0 Å². The second-order valence-corrected chi connectivity index (χ2v) is 54.5. The quantitative estimate of drug-likeness (QED) is 0.0241. The smallest absolute Gasteiger partial charge is 0.313 e. The first kappa shape index (κ1) is 120. The number of carbonyl (C=O) groups is 7. The van der Waals surface area contributed by atoms with Crippen LogP contribution in [-0.4, -0.2) is 134 Å². The zero-order chi connectivity index (χ0) is 103. The standard InChI is InChI=1S/C18H30O3.C17H28O3.C17H30O3.C17H32O3.C16H28O3.C16H30O3.C15H28O3/c1-4-17(2,3)16(19)21-12-20-11-18-8-13-5-14(9-18)7-15(6-13)10-18;1-4-17(2,3)16(18)20-10-19-15-13-6-11-5-12(8-13)9-14(15)7-11;1-7-15(2,3)14(18)20-11-19-13-16(4,5)12-8-9-17(13,6)10-12;1-8-15(2,3)14(18)20-12-19-13-16(4,5)10-9-11-17(13,6)7;1-5-15(2,3)14(17)19-11-18-10-16(4)9-12-6-7-13(16)8-12;1-8-14(2,3)13(17)19-11-18-12-15(4,5)9-10-16(12,6)7;1-5-14(2,3)13(16)18-12-17-11-15(4)9-7-6-8-10-15/h13-15H,4-12H2,1-3H3;11-15H,4-10H2,1-3H3;12-13H,7-11H2,1-6H3;13H,8-12H2,1-7H3;12-13H,5-11H2,1-4H3;12H,8-11H2,1-7H3;5-12H2,1-4H3. The Labute approximate surface area is 834 Å². The highest BCUT2D eigenvalue weighted by Gasteiger charge is 2.61. The maximum Gasteiger partial charge on any atom is 0.313 e. The second kappa shape index (κ2) is 49.5. The van der Waals surface area contributed by atoms with Gasteiger partial charge in [0.2, 0.25) is 0 Å². The minimum Gasteiger partial charge on any atom is -0.438 e. The van der Waals surface area contributed by atoms with Gasteiger partial charge in [-0.25, -0.2) is 0 Å². The minimum atomic E-state index is -0.430. The van der Waals surface area contributed by atoms with E-state index < -0.39 is 37.9 Å². The third kappa shape index (κ3) is 33.0. The van der Waals surface area contributed by atoms with Crippen molar-refractivity contribution >= 4 is 41.8 Å². The van der Waals surface area contributed by atoms with E-state index in [0.717, 1.165) is 143 Å². The van der Waals surface area contributed by atoms with Crippen molar-refractivity contribution in [3.05, 3.63) is 0 Å². The Balaban J connectivity index is 0.000000218. The molecule has 21 nitrogen and oxygen atoms in total. The molecule has 15 saturated carbocycles. The Morgan fingerprint density at radius 1 is 0.270 bits per heavy atom. The van der Waals surface area contributed by atoms with Crippen molar-refractivity contribution < 1.29 is 99.9 Å². The van der Waals surface area contributed by atoms with Gasteiger partial charge in [0.05, 0.1) is 82.1 Å². The number of hydrogen-bond donors (Lipinski definition) is 0. The molecule has 0 aliphatic heterocycles. The average molecular weight is 1940 g/mol. The van der Waals surface area contributed by atoms with E-state index in [9.17, 15) is 33.6 Å². The van der Waals surface area contributed by atoms with Crippen molar-refractivity contribution in [2.24, 2.45) is 146 Å². The zero-order valence-corrected chi connectivity index (χ0v) is 94.0. The van der Waals surface area contributed by atoms with Crippen LogP contribution in [0.15, 0.2) is 0 Å². The van der Waals surface area contributed by atoms with Gasteiger partial charge in [-0.05, 0) is 397 Å². The minimum absolute atomic E-state index is 0.0692. The molecule has 15 fully saturated rings. The van der Waals surface area contributed by atoms with Crippen LogP contribution in [0.25, 0.3) is 0 Å². The van der Waals surface area contributed by atoms with Gasteiger partial charge in [-0.1, -0.05) is 171 Å². The van der Waals surface area contributed by atoms with Crippen LogP contribution in [0.4, 0.5) is 0 Å². The molecule has 0 aromatic rings. The molecule has 6 unspecified atom stereocenters. The lowest BCUT2D eigenvalue weighted by Crippen LogP contribution is -2.49. The van der Waals surface area contributed by atoms with Crippen molar-refractivity contribution in [3.8, 4) is 0 Å². The first-order chi connectivity index (χ1) is 63.4. The summed E-state index contributed by atoms with van der Waals surface area (Å²) in [5, 5.41) is 0. The van der Waals surface area contributed by atoms with Crippen molar-refractivity contribution in [1.29, 1.82) is 0 Å². The van der Waals surface area contributed by atoms with Crippen LogP contribution < -0.4 is 0 Å². The predicted molar refractivity (Wildman–Crippen MR) is 542 cm³/mol. The van der Waals surface area contributed by atoms with E-state index in [1.807, 2.05) is 145 Å². The van der Waals surface area contributed by atoms with Crippen molar-refractivity contribution in [1.82, 2.24) is 0 Å². The number of rotatable bonds is 38. The van der Waals surface area contributed by atoms with Gasteiger partial charge in [0.1, 0.15) is 0 Å². The summed E-state index contributed by atoms with van der Waals surface area (Å²) in [7, 11) is 0.